The summed E-state index contributed by atoms with van der Waals surface area (Å²) in [6, 6.07) is 24.0. The summed E-state index contributed by atoms with van der Waals surface area (Å²) < 4.78 is 10.9. The molecule has 1 unspecified atom stereocenters. The molecule has 1 aliphatic rings. The topological polar surface area (TPSA) is 101 Å². The summed E-state index contributed by atoms with van der Waals surface area (Å²) in [5, 5.41) is 17.7. The number of carbonyl (C=O) groups excluding carboxylic acids is 1. The highest BCUT2D eigenvalue weighted by Crippen LogP contribution is 2.39. The second kappa shape index (κ2) is 10.6. The van der Waals surface area contributed by atoms with E-state index in [2.05, 4.69) is 27.6 Å². The van der Waals surface area contributed by atoms with E-state index in [-0.39, 0.29) is 11.8 Å². The van der Waals surface area contributed by atoms with Gasteiger partial charge in [0.1, 0.15) is 0 Å². The van der Waals surface area contributed by atoms with Crippen LogP contribution in [0.1, 0.15) is 36.4 Å². The van der Waals surface area contributed by atoms with Gasteiger partial charge >= 0.3 is 6.03 Å². The Morgan fingerprint density at radius 1 is 1.05 bits per heavy atom. The Morgan fingerprint density at radius 2 is 1.78 bits per heavy atom. The van der Waals surface area contributed by atoms with E-state index in [0.29, 0.717) is 35.1 Å². The van der Waals surface area contributed by atoms with Gasteiger partial charge in [-0.05, 0) is 43.0 Å². The average Bonchev–Trinajstić information content (AvgIpc) is 3.41. The van der Waals surface area contributed by atoms with Gasteiger partial charge in [-0.2, -0.15) is 4.98 Å². The number of amides is 2. The van der Waals surface area contributed by atoms with Crippen LogP contribution in [0.2, 0.25) is 0 Å². The molecule has 0 fully saturated rings. The highest BCUT2D eigenvalue weighted by Gasteiger charge is 2.36. The summed E-state index contributed by atoms with van der Waals surface area (Å²) in [6.07, 6.45) is 1.64. The van der Waals surface area contributed by atoms with Gasteiger partial charge in [0.2, 0.25) is 5.82 Å². The monoisotopic (exact) mass is 496 g/mol. The molecule has 0 saturated heterocycles. The van der Waals surface area contributed by atoms with Gasteiger partial charge in [0, 0.05) is 17.8 Å². The zero-order valence-corrected chi connectivity index (χ0v) is 20.7. The molecule has 2 N–H and O–H groups in total. The number of benzene rings is 3. The molecule has 0 spiro atoms. The van der Waals surface area contributed by atoms with Crippen LogP contribution < -0.4 is 10.1 Å². The second-order valence-corrected chi connectivity index (χ2v) is 8.84. The Balaban J connectivity index is 1.51. The number of methoxy groups -OCH3 is 1. The van der Waals surface area contributed by atoms with Crippen molar-refractivity contribution in [3.8, 4) is 22.9 Å². The number of aromatic nitrogens is 2. The lowest BCUT2D eigenvalue weighted by atomic mass is 9.94. The van der Waals surface area contributed by atoms with Crippen molar-refractivity contribution < 1.29 is 19.2 Å². The Labute approximate surface area is 215 Å². The van der Waals surface area contributed by atoms with Crippen LogP contribution in [0.3, 0.4) is 0 Å². The van der Waals surface area contributed by atoms with Crippen molar-refractivity contribution in [3.05, 3.63) is 102 Å². The summed E-state index contributed by atoms with van der Waals surface area (Å²) in [4.78, 5) is 19.7. The van der Waals surface area contributed by atoms with Crippen molar-refractivity contribution >= 4 is 11.6 Å². The number of urea groups is 1. The molecule has 1 aliphatic heterocycles. The number of aryl methyl sites for hydroxylation is 1. The van der Waals surface area contributed by atoms with E-state index in [4.69, 9.17) is 9.26 Å². The maximum atomic E-state index is 13.3. The maximum absolute atomic E-state index is 13.3. The molecule has 0 radical (unpaired) electrons. The lowest BCUT2D eigenvalue weighted by molar-refractivity contribution is 0.204. The first-order valence-electron chi connectivity index (χ1n) is 12.1. The second-order valence-electron chi connectivity index (χ2n) is 8.84. The molecular formula is C29H28N4O4. The summed E-state index contributed by atoms with van der Waals surface area (Å²) >= 11 is 0. The number of allylic oxidation sites excluding steroid dienone is 1. The first-order chi connectivity index (χ1) is 18.0. The maximum Gasteiger partial charge on any atom is 0.322 e. The third-order valence-corrected chi connectivity index (χ3v) is 6.51. The number of phenolic OH excluding ortho intramolecular Hbond substituents is 1. The van der Waals surface area contributed by atoms with Crippen LogP contribution in [0.15, 0.2) is 89.1 Å². The van der Waals surface area contributed by atoms with E-state index < -0.39 is 6.04 Å². The molecule has 2 heterocycles. The van der Waals surface area contributed by atoms with E-state index >= 15 is 0 Å². The number of hydrogen-bond donors (Lipinski definition) is 2. The summed E-state index contributed by atoms with van der Waals surface area (Å²) in [5.74, 6) is 1.09. The molecule has 3 aromatic carbocycles. The van der Waals surface area contributed by atoms with E-state index in [9.17, 15) is 9.90 Å². The molecule has 0 saturated carbocycles. The Bertz CT molecular complexity index is 1420. The first kappa shape index (κ1) is 24.1. The number of nitrogens with one attached hydrogen (secondary N) is 1. The molecular weight excluding hydrogens is 468 g/mol. The number of carbonyl (C=O) groups is 1. The quantitative estimate of drug-likeness (QED) is 0.330. The predicted octanol–water partition coefficient (Wildman–Crippen LogP) is 5.58. The van der Waals surface area contributed by atoms with Crippen LogP contribution in [0, 0.1) is 0 Å². The van der Waals surface area contributed by atoms with Crippen LogP contribution in [-0.2, 0) is 6.42 Å². The smallest absolute Gasteiger partial charge is 0.322 e. The van der Waals surface area contributed by atoms with Crippen LogP contribution in [-0.4, -0.2) is 39.8 Å². The van der Waals surface area contributed by atoms with Gasteiger partial charge in [0.05, 0.1) is 18.7 Å². The summed E-state index contributed by atoms with van der Waals surface area (Å²) in [6.45, 7) is 2.41. The van der Waals surface area contributed by atoms with E-state index in [1.165, 1.54) is 12.7 Å². The third-order valence-electron chi connectivity index (χ3n) is 6.51. The molecule has 0 aliphatic carbocycles. The predicted molar refractivity (Wildman–Crippen MR) is 140 cm³/mol. The molecule has 5 rings (SSSR count). The number of nitrogens with zero attached hydrogens (tertiary/aromatic N) is 3. The van der Waals surface area contributed by atoms with Crippen molar-refractivity contribution in [1.29, 1.82) is 0 Å². The van der Waals surface area contributed by atoms with E-state index in [0.717, 1.165) is 24.1 Å². The molecule has 37 heavy (non-hydrogen) atoms. The summed E-state index contributed by atoms with van der Waals surface area (Å²) in [5.41, 5.74) is 4.12. The Kier molecular flexibility index (Phi) is 6.89. The fourth-order valence-electron chi connectivity index (χ4n) is 4.59. The van der Waals surface area contributed by atoms with E-state index in [1.54, 1.807) is 23.1 Å². The van der Waals surface area contributed by atoms with Gasteiger partial charge in [-0.3, -0.25) is 4.90 Å². The highest BCUT2D eigenvalue weighted by molar-refractivity contribution is 5.87. The van der Waals surface area contributed by atoms with Gasteiger partial charge in [0.25, 0.3) is 5.89 Å². The zero-order valence-electron chi connectivity index (χ0n) is 20.7. The number of phenols is 1. The first-order valence-corrected chi connectivity index (χ1v) is 12.1. The molecule has 188 valence electrons. The Morgan fingerprint density at radius 3 is 2.49 bits per heavy atom. The molecule has 4 aromatic rings. The van der Waals surface area contributed by atoms with E-state index in [1.807, 2.05) is 55.5 Å². The van der Waals surface area contributed by atoms with Crippen LogP contribution in [0.5, 0.6) is 11.5 Å². The van der Waals surface area contributed by atoms with Crippen LogP contribution in [0.4, 0.5) is 4.79 Å². The normalized spacial score (nSPS) is 15.6. The number of ether oxygens (including phenoxy) is 1. The number of aromatic hydroxyl groups is 1. The molecule has 1 atom stereocenters. The minimum Gasteiger partial charge on any atom is -0.504 e. The van der Waals surface area contributed by atoms with Gasteiger partial charge in [-0.25, -0.2) is 4.79 Å². The lowest BCUT2D eigenvalue weighted by Gasteiger charge is -2.35. The molecule has 8 nitrogen and oxygen atoms in total. The third kappa shape index (κ3) is 5.04. The minimum atomic E-state index is -0.598. The van der Waals surface area contributed by atoms with Crippen molar-refractivity contribution in [2.45, 2.75) is 25.8 Å². The van der Waals surface area contributed by atoms with Crippen molar-refractivity contribution in [3.63, 3.8) is 0 Å². The van der Waals surface area contributed by atoms with Gasteiger partial charge in [0.15, 0.2) is 11.5 Å². The molecule has 2 amide bonds. The Hall–Kier alpha value is -4.59. The molecule has 8 heteroatoms. The highest BCUT2D eigenvalue weighted by atomic mass is 16.5. The van der Waals surface area contributed by atoms with Gasteiger partial charge in [-0.15, -0.1) is 0 Å². The molecule has 0 bridgehead atoms. The minimum absolute atomic E-state index is 0.0213. The zero-order chi connectivity index (χ0) is 25.8. The van der Waals surface area contributed by atoms with Crippen molar-refractivity contribution in [2.75, 3.05) is 13.7 Å². The molecule has 1 aromatic heterocycles. The standard InChI is InChI=1S/C29H28N4O4/c1-19-25(28-31-27(32-37-28)21-13-7-4-8-14-21)26(22-15-16-24(36-2)23(34)18-22)30-29(35)33(19)17-9-12-20-10-5-3-6-11-20/h3-8,10-11,13-16,18,26,34H,9,12,17H2,1-2H3,(H,30,35). The number of rotatable bonds is 8. The average molecular weight is 497 g/mol. The van der Waals surface area contributed by atoms with Crippen molar-refractivity contribution in [2.24, 2.45) is 0 Å². The fraction of sp³-hybridized carbons (Fsp3) is 0.207. The largest absolute Gasteiger partial charge is 0.504 e. The van der Waals surface area contributed by atoms with Gasteiger partial charge in [-0.1, -0.05) is 71.9 Å². The lowest BCUT2D eigenvalue weighted by Crippen LogP contribution is -2.46. The van der Waals surface area contributed by atoms with Crippen LogP contribution >= 0.6 is 0 Å². The number of hydrogen-bond acceptors (Lipinski definition) is 6. The van der Waals surface area contributed by atoms with Crippen molar-refractivity contribution in [1.82, 2.24) is 20.4 Å². The summed E-state index contributed by atoms with van der Waals surface area (Å²) in [7, 11) is 1.49. The fourth-order valence-corrected chi connectivity index (χ4v) is 4.59. The van der Waals surface area contributed by atoms with Crippen LogP contribution in [0.25, 0.3) is 17.0 Å². The van der Waals surface area contributed by atoms with Gasteiger partial charge < -0.3 is 19.7 Å². The SMILES string of the molecule is COc1ccc(C2NC(=O)N(CCCc3ccccc3)C(C)=C2c2nc(-c3ccccc3)no2)cc1O.